The van der Waals surface area contributed by atoms with Crippen LogP contribution in [0.25, 0.3) is 0 Å². The van der Waals surface area contributed by atoms with Crippen molar-refractivity contribution in [3.63, 3.8) is 0 Å². The van der Waals surface area contributed by atoms with Gasteiger partial charge < -0.3 is 21.7 Å². The number of carbonyl (C=O) groups excluding carboxylic acids is 1. The molecule has 5 N–H and O–H groups in total. The normalized spacial score (nSPS) is 19.8. The fourth-order valence-corrected chi connectivity index (χ4v) is 3.27. The Balaban J connectivity index is 1.90. The molecule has 2 heterocycles. The van der Waals surface area contributed by atoms with E-state index in [1.807, 2.05) is 7.05 Å². The van der Waals surface area contributed by atoms with E-state index in [1.54, 1.807) is 24.5 Å². The smallest absolute Gasteiger partial charge is 0.252 e. The van der Waals surface area contributed by atoms with Crippen molar-refractivity contribution in [3.05, 3.63) is 42.0 Å². The number of nitrogens with two attached hydrogens (primary N) is 1. The van der Waals surface area contributed by atoms with E-state index < -0.39 is 11.7 Å². The van der Waals surface area contributed by atoms with Crippen LogP contribution in [-0.2, 0) is 0 Å². The van der Waals surface area contributed by atoms with Crippen molar-refractivity contribution in [2.75, 3.05) is 17.7 Å². The molecule has 0 aliphatic heterocycles. The SMILES string of the molecule is CN[C@H]1CCCC[C@H]1Nc1nc(Nc2ccncc2)c(C(N)=O)cc1F. The van der Waals surface area contributed by atoms with Crippen LogP contribution < -0.4 is 21.7 Å². The number of amides is 1. The van der Waals surface area contributed by atoms with Gasteiger partial charge >= 0.3 is 0 Å². The predicted molar refractivity (Wildman–Crippen MR) is 99.0 cm³/mol. The highest BCUT2D eigenvalue weighted by Crippen LogP contribution is 2.27. The zero-order valence-corrected chi connectivity index (χ0v) is 14.6. The van der Waals surface area contributed by atoms with Gasteiger partial charge in [0.15, 0.2) is 11.6 Å². The van der Waals surface area contributed by atoms with Gasteiger partial charge in [-0.1, -0.05) is 12.8 Å². The van der Waals surface area contributed by atoms with E-state index >= 15 is 0 Å². The largest absolute Gasteiger partial charge is 0.365 e. The molecule has 1 aliphatic carbocycles. The molecule has 1 fully saturated rings. The number of aromatic nitrogens is 2. The molecule has 0 saturated heterocycles. The van der Waals surface area contributed by atoms with E-state index in [2.05, 4.69) is 25.9 Å². The predicted octanol–water partition coefficient (Wildman–Crippen LogP) is 2.40. The summed E-state index contributed by atoms with van der Waals surface area (Å²) in [5.74, 6) is -1.02. The molecule has 0 bridgehead atoms. The van der Waals surface area contributed by atoms with Crippen molar-refractivity contribution in [1.29, 1.82) is 0 Å². The van der Waals surface area contributed by atoms with Crippen LogP contribution in [0.5, 0.6) is 0 Å². The molecule has 0 unspecified atom stereocenters. The summed E-state index contributed by atoms with van der Waals surface area (Å²) in [7, 11) is 1.90. The highest BCUT2D eigenvalue weighted by molar-refractivity contribution is 5.98. The summed E-state index contributed by atoms with van der Waals surface area (Å²) in [4.78, 5) is 19.9. The first-order valence-corrected chi connectivity index (χ1v) is 8.69. The maximum absolute atomic E-state index is 14.5. The van der Waals surface area contributed by atoms with Crippen LogP contribution in [0.4, 0.5) is 21.7 Å². The fourth-order valence-electron chi connectivity index (χ4n) is 3.27. The third-order valence-electron chi connectivity index (χ3n) is 4.64. The third kappa shape index (κ3) is 4.08. The summed E-state index contributed by atoms with van der Waals surface area (Å²) >= 11 is 0. The van der Waals surface area contributed by atoms with Crippen LogP contribution in [0.2, 0.25) is 0 Å². The molecule has 0 spiro atoms. The fraction of sp³-hybridized carbons (Fsp3) is 0.389. The minimum absolute atomic E-state index is 0.00123. The standard InChI is InChI=1S/C18H23FN6O/c1-21-14-4-2-3-5-15(14)24-18-13(19)10-12(16(20)26)17(25-18)23-11-6-8-22-9-7-11/h6-10,14-15,21H,2-5H2,1H3,(H2,20,26)(H2,22,23,24,25)/t14-,15+/m0/s1. The number of carbonyl (C=O) groups is 1. The minimum atomic E-state index is -0.745. The monoisotopic (exact) mass is 358 g/mol. The minimum Gasteiger partial charge on any atom is -0.365 e. The van der Waals surface area contributed by atoms with Gasteiger partial charge in [-0.2, -0.15) is 0 Å². The molecule has 138 valence electrons. The highest BCUT2D eigenvalue weighted by atomic mass is 19.1. The van der Waals surface area contributed by atoms with Gasteiger partial charge in [0.2, 0.25) is 0 Å². The second-order valence-corrected chi connectivity index (χ2v) is 6.37. The van der Waals surface area contributed by atoms with E-state index in [4.69, 9.17) is 5.73 Å². The van der Waals surface area contributed by atoms with Crippen molar-refractivity contribution in [2.24, 2.45) is 5.73 Å². The molecule has 1 aliphatic rings. The van der Waals surface area contributed by atoms with Crippen LogP contribution in [0.1, 0.15) is 36.0 Å². The molecule has 7 nitrogen and oxygen atoms in total. The Morgan fingerprint density at radius 2 is 1.88 bits per heavy atom. The molecule has 3 rings (SSSR count). The number of halogens is 1. The Morgan fingerprint density at radius 3 is 2.54 bits per heavy atom. The van der Waals surface area contributed by atoms with Gasteiger partial charge in [0.05, 0.1) is 5.56 Å². The number of likely N-dealkylation sites (N-methyl/N-ethyl adjacent to an activating group) is 1. The molecule has 26 heavy (non-hydrogen) atoms. The first-order valence-electron chi connectivity index (χ1n) is 8.69. The van der Waals surface area contributed by atoms with Crippen molar-refractivity contribution in [1.82, 2.24) is 15.3 Å². The molecule has 8 heteroatoms. The molecule has 2 aromatic rings. The maximum atomic E-state index is 14.5. The molecule has 0 radical (unpaired) electrons. The Morgan fingerprint density at radius 1 is 1.19 bits per heavy atom. The van der Waals surface area contributed by atoms with Crippen molar-refractivity contribution in [3.8, 4) is 0 Å². The number of primary amides is 1. The van der Waals surface area contributed by atoms with Gasteiger partial charge in [-0.25, -0.2) is 9.37 Å². The van der Waals surface area contributed by atoms with Crippen LogP contribution in [0, 0.1) is 5.82 Å². The van der Waals surface area contributed by atoms with Crippen LogP contribution in [-0.4, -0.2) is 35.0 Å². The summed E-state index contributed by atoms with van der Waals surface area (Å²) in [6.07, 6.45) is 7.39. The lowest BCUT2D eigenvalue weighted by atomic mass is 9.90. The van der Waals surface area contributed by atoms with Crippen molar-refractivity contribution in [2.45, 2.75) is 37.8 Å². The Kier molecular flexibility index (Phi) is 5.62. The van der Waals surface area contributed by atoms with Gasteiger partial charge in [-0.15, -0.1) is 0 Å². The zero-order chi connectivity index (χ0) is 18.5. The Bertz CT molecular complexity index is 770. The second-order valence-electron chi connectivity index (χ2n) is 6.37. The maximum Gasteiger partial charge on any atom is 0.252 e. The molecule has 1 saturated carbocycles. The summed E-state index contributed by atoms with van der Waals surface area (Å²) in [6.45, 7) is 0. The van der Waals surface area contributed by atoms with E-state index in [1.165, 1.54) is 0 Å². The molecular formula is C18H23FN6O. The van der Waals surface area contributed by atoms with Crippen molar-refractivity contribution >= 4 is 23.2 Å². The van der Waals surface area contributed by atoms with Gasteiger partial charge in [0.25, 0.3) is 5.91 Å². The average molecular weight is 358 g/mol. The Labute approximate surface area is 151 Å². The van der Waals surface area contributed by atoms with Crippen LogP contribution >= 0.6 is 0 Å². The summed E-state index contributed by atoms with van der Waals surface area (Å²) in [5, 5.41) is 9.47. The first-order chi connectivity index (χ1) is 12.6. The number of rotatable bonds is 6. The quantitative estimate of drug-likeness (QED) is 0.632. The van der Waals surface area contributed by atoms with Crippen molar-refractivity contribution < 1.29 is 9.18 Å². The lowest BCUT2D eigenvalue weighted by Crippen LogP contribution is -2.45. The van der Waals surface area contributed by atoms with Crippen LogP contribution in [0.15, 0.2) is 30.6 Å². The molecule has 2 aromatic heterocycles. The zero-order valence-electron chi connectivity index (χ0n) is 14.6. The number of hydrogen-bond donors (Lipinski definition) is 4. The second kappa shape index (κ2) is 8.09. The highest BCUT2D eigenvalue weighted by Gasteiger charge is 2.25. The summed E-state index contributed by atoms with van der Waals surface area (Å²) in [6, 6.07) is 4.89. The van der Waals surface area contributed by atoms with Gasteiger partial charge in [-0.05, 0) is 38.1 Å². The van der Waals surface area contributed by atoms with Gasteiger partial charge in [0.1, 0.15) is 5.82 Å². The molecular weight excluding hydrogens is 335 g/mol. The third-order valence-corrected chi connectivity index (χ3v) is 4.64. The molecule has 0 aromatic carbocycles. The van der Waals surface area contributed by atoms with E-state index in [0.29, 0.717) is 5.69 Å². The Hall–Kier alpha value is -2.74. The number of hydrogen-bond acceptors (Lipinski definition) is 6. The van der Waals surface area contributed by atoms with E-state index in [0.717, 1.165) is 31.7 Å². The van der Waals surface area contributed by atoms with Gasteiger partial charge in [0, 0.05) is 30.2 Å². The van der Waals surface area contributed by atoms with Crippen LogP contribution in [0.3, 0.4) is 0 Å². The number of nitrogens with zero attached hydrogens (tertiary/aromatic N) is 2. The number of anilines is 3. The average Bonchev–Trinajstić information content (AvgIpc) is 2.65. The lowest BCUT2D eigenvalue weighted by molar-refractivity contribution is 0.100. The van der Waals surface area contributed by atoms with E-state index in [-0.39, 0.29) is 29.3 Å². The lowest BCUT2D eigenvalue weighted by Gasteiger charge is -2.32. The van der Waals surface area contributed by atoms with E-state index in [9.17, 15) is 9.18 Å². The molecule has 1 amide bonds. The topological polar surface area (TPSA) is 105 Å². The molecule has 2 atom stereocenters. The number of nitrogens with one attached hydrogen (secondary N) is 3. The first kappa shape index (κ1) is 18.1. The summed E-state index contributed by atoms with van der Waals surface area (Å²) in [5.41, 5.74) is 6.06. The van der Waals surface area contributed by atoms with Gasteiger partial charge in [-0.3, -0.25) is 9.78 Å². The number of pyridine rings is 2. The summed E-state index contributed by atoms with van der Waals surface area (Å²) < 4.78 is 14.5.